The first-order chi connectivity index (χ1) is 9.49. The second-order valence-corrected chi connectivity index (χ2v) is 4.39. The van der Waals surface area contributed by atoms with E-state index in [1.54, 1.807) is 18.2 Å². The summed E-state index contributed by atoms with van der Waals surface area (Å²) in [6.45, 7) is 4.23. The van der Waals surface area contributed by atoms with Crippen LogP contribution in [0.25, 0.3) is 0 Å². The molecule has 0 radical (unpaired) electrons. The Morgan fingerprint density at radius 2 is 2.15 bits per heavy atom. The van der Waals surface area contributed by atoms with Crippen LogP contribution in [0.2, 0.25) is 0 Å². The van der Waals surface area contributed by atoms with Crippen LogP contribution in [0.3, 0.4) is 0 Å². The highest BCUT2D eigenvalue weighted by molar-refractivity contribution is 5.98. The standard InChI is InChI=1S/C15H19N3O2/c1-4-6-12(16)15(20)18-13-8-7-11(9-10(13)3)14(19)17-5-2/h1,7-9,12H,5-6,16H2,2-3H3,(H,17,19)(H,18,20). The molecule has 0 saturated carbocycles. The van der Waals surface area contributed by atoms with Crippen LogP contribution < -0.4 is 16.4 Å². The van der Waals surface area contributed by atoms with Gasteiger partial charge in [-0.25, -0.2) is 0 Å². The fraction of sp³-hybridized carbons (Fsp3) is 0.333. The summed E-state index contributed by atoms with van der Waals surface area (Å²) in [4.78, 5) is 23.4. The Hall–Kier alpha value is -2.32. The van der Waals surface area contributed by atoms with E-state index in [-0.39, 0.29) is 18.2 Å². The van der Waals surface area contributed by atoms with Crippen molar-refractivity contribution in [2.24, 2.45) is 5.73 Å². The lowest BCUT2D eigenvalue weighted by Gasteiger charge is -2.13. The van der Waals surface area contributed by atoms with Crippen LogP contribution in [0.5, 0.6) is 0 Å². The van der Waals surface area contributed by atoms with Crippen LogP contribution in [0, 0.1) is 19.3 Å². The van der Waals surface area contributed by atoms with Gasteiger partial charge in [0.05, 0.1) is 6.04 Å². The van der Waals surface area contributed by atoms with Crippen LogP contribution in [0.1, 0.15) is 29.3 Å². The predicted molar refractivity (Wildman–Crippen MR) is 79.2 cm³/mol. The Morgan fingerprint density at radius 1 is 1.45 bits per heavy atom. The molecule has 0 heterocycles. The molecule has 1 unspecified atom stereocenters. The average molecular weight is 273 g/mol. The lowest BCUT2D eigenvalue weighted by atomic mass is 10.1. The lowest BCUT2D eigenvalue weighted by Crippen LogP contribution is -2.35. The van der Waals surface area contributed by atoms with E-state index in [0.717, 1.165) is 5.56 Å². The molecule has 0 aliphatic rings. The first-order valence-electron chi connectivity index (χ1n) is 6.38. The number of rotatable bonds is 5. The van der Waals surface area contributed by atoms with Crippen molar-refractivity contribution >= 4 is 17.5 Å². The number of aryl methyl sites for hydroxylation is 1. The van der Waals surface area contributed by atoms with Gasteiger partial charge in [0.25, 0.3) is 5.91 Å². The molecule has 1 aromatic carbocycles. The molecule has 1 atom stereocenters. The number of amides is 2. The largest absolute Gasteiger partial charge is 0.352 e. The summed E-state index contributed by atoms with van der Waals surface area (Å²) < 4.78 is 0. The van der Waals surface area contributed by atoms with E-state index < -0.39 is 6.04 Å². The molecule has 0 bridgehead atoms. The summed E-state index contributed by atoms with van der Waals surface area (Å²) in [5.41, 5.74) is 7.58. The zero-order valence-electron chi connectivity index (χ0n) is 11.7. The zero-order chi connectivity index (χ0) is 15.1. The zero-order valence-corrected chi connectivity index (χ0v) is 11.7. The Balaban J connectivity index is 2.81. The van der Waals surface area contributed by atoms with E-state index in [0.29, 0.717) is 17.8 Å². The van der Waals surface area contributed by atoms with Gasteiger partial charge in [0.2, 0.25) is 5.91 Å². The molecule has 20 heavy (non-hydrogen) atoms. The minimum absolute atomic E-state index is 0.141. The number of carbonyl (C=O) groups excluding carboxylic acids is 2. The number of hydrogen-bond donors (Lipinski definition) is 3. The fourth-order valence-corrected chi connectivity index (χ4v) is 1.65. The van der Waals surface area contributed by atoms with E-state index in [2.05, 4.69) is 16.6 Å². The van der Waals surface area contributed by atoms with Crippen molar-refractivity contribution < 1.29 is 9.59 Å². The van der Waals surface area contributed by atoms with Crippen molar-refractivity contribution in [1.29, 1.82) is 0 Å². The summed E-state index contributed by atoms with van der Waals surface area (Å²) in [6, 6.07) is 4.32. The molecule has 2 amide bonds. The van der Waals surface area contributed by atoms with Crippen LogP contribution in [-0.2, 0) is 4.79 Å². The summed E-state index contributed by atoms with van der Waals surface area (Å²) >= 11 is 0. The molecule has 106 valence electrons. The third-order valence-electron chi connectivity index (χ3n) is 2.76. The number of carbonyl (C=O) groups is 2. The average Bonchev–Trinajstić information content (AvgIpc) is 2.41. The number of benzene rings is 1. The van der Waals surface area contributed by atoms with Crippen molar-refractivity contribution in [3.63, 3.8) is 0 Å². The highest BCUT2D eigenvalue weighted by Gasteiger charge is 2.14. The molecule has 0 aliphatic heterocycles. The first kappa shape index (κ1) is 15.7. The molecule has 5 heteroatoms. The van der Waals surface area contributed by atoms with Crippen molar-refractivity contribution in [3.05, 3.63) is 29.3 Å². The molecule has 1 rings (SSSR count). The topological polar surface area (TPSA) is 84.2 Å². The lowest BCUT2D eigenvalue weighted by molar-refractivity contribution is -0.117. The van der Waals surface area contributed by atoms with Crippen LogP contribution in [0.15, 0.2) is 18.2 Å². The molecule has 0 spiro atoms. The van der Waals surface area contributed by atoms with E-state index in [1.165, 1.54) is 0 Å². The van der Waals surface area contributed by atoms with Crippen LogP contribution in [0.4, 0.5) is 5.69 Å². The van der Waals surface area contributed by atoms with Crippen LogP contribution >= 0.6 is 0 Å². The van der Waals surface area contributed by atoms with Crippen LogP contribution in [-0.4, -0.2) is 24.4 Å². The first-order valence-corrected chi connectivity index (χ1v) is 6.38. The van der Waals surface area contributed by atoms with Gasteiger partial charge in [-0.3, -0.25) is 9.59 Å². The number of anilines is 1. The van der Waals surface area contributed by atoms with E-state index >= 15 is 0 Å². The van der Waals surface area contributed by atoms with E-state index in [9.17, 15) is 9.59 Å². The van der Waals surface area contributed by atoms with Crippen molar-refractivity contribution in [3.8, 4) is 12.3 Å². The number of terminal acetylenes is 1. The van der Waals surface area contributed by atoms with Crippen molar-refractivity contribution in [2.45, 2.75) is 26.3 Å². The van der Waals surface area contributed by atoms with Crippen molar-refractivity contribution in [1.82, 2.24) is 5.32 Å². The molecular formula is C15H19N3O2. The molecular weight excluding hydrogens is 254 g/mol. The van der Waals surface area contributed by atoms with Gasteiger partial charge in [-0.15, -0.1) is 12.3 Å². The molecule has 1 aromatic rings. The quantitative estimate of drug-likeness (QED) is 0.701. The summed E-state index contributed by atoms with van der Waals surface area (Å²) in [5, 5.41) is 5.42. The van der Waals surface area contributed by atoms with Gasteiger partial charge in [-0.1, -0.05) is 0 Å². The minimum atomic E-state index is -0.734. The van der Waals surface area contributed by atoms with Gasteiger partial charge in [-0.05, 0) is 37.6 Å². The molecule has 4 N–H and O–H groups in total. The minimum Gasteiger partial charge on any atom is -0.352 e. The smallest absolute Gasteiger partial charge is 0.251 e. The number of nitrogens with one attached hydrogen (secondary N) is 2. The number of hydrogen-bond acceptors (Lipinski definition) is 3. The fourth-order valence-electron chi connectivity index (χ4n) is 1.65. The van der Waals surface area contributed by atoms with E-state index in [1.807, 2.05) is 13.8 Å². The summed E-state index contributed by atoms with van der Waals surface area (Å²) in [5.74, 6) is 1.87. The maximum Gasteiger partial charge on any atom is 0.251 e. The summed E-state index contributed by atoms with van der Waals surface area (Å²) in [6.07, 6.45) is 5.30. The van der Waals surface area contributed by atoms with E-state index in [4.69, 9.17) is 12.2 Å². The molecule has 5 nitrogen and oxygen atoms in total. The molecule has 0 aromatic heterocycles. The Labute approximate surface area is 118 Å². The van der Waals surface area contributed by atoms with Gasteiger partial charge >= 0.3 is 0 Å². The van der Waals surface area contributed by atoms with Gasteiger partial charge in [0, 0.05) is 24.2 Å². The molecule has 0 fully saturated rings. The monoisotopic (exact) mass is 273 g/mol. The SMILES string of the molecule is C#CCC(N)C(=O)Nc1ccc(C(=O)NCC)cc1C. The normalized spacial score (nSPS) is 11.3. The van der Waals surface area contributed by atoms with Gasteiger partial charge in [0.1, 0.15) is 0 Å². The highest BCUT2D eigenvalue weighted by Crippen LogP contribution is 2.17. The maximum absolute atomic E-state index is 11.8. The molecule has 0 saturated heterocycles. The Kier molecular flexibility index (Phi) is 5.75. The Bertz CT molecular complexity index is 547. The van der Waals surface area contributed by atoms with Gasteiger partial charge < -0.3 is 16.4 Å². The third-order valence-corrected chi connectivity index (χ3v) is 2.76. The summed E-state index contributed by atoms with van der Waals surface area (Å²) in [7, 11) is 0. The maximum atomic E-state index is 11.8. The molecule has 0 aliphatic carbocycles. The third kappa shape index (κ3) is 4.11. The second-order valence-electron chi connectivity index (χ2n) is 4.39. The predicted octanol–water partition coefficient (Wildman–Crippen LogP) is 1.03. The number of nitrogens with two attached hydrogens (primary N) is 1. The van der Waals surface area contributed by atoms with Gasteiger partial charge in [-0.2, -0.15) is 0 Å². The second kappa shape index (κ2) is 7.31. The van der Waals surface area contributed by atoms with Gasteiger partial charge in [0.15, 0.2) is 0 Å². The van der Waals surface area contributed by atoms with Crippen molar-refractivity contribution in [2.75, 3.05) is 11.9 Å². The highest BCUT2D eigenvalue weighted by atomic mass is 16.2. The Morgan fingerprint density at radius 3 is 2.70 bits per heavy atom.